The van der Waals surface area contributed by atoms with E-state index in [0.29, 0.717) is 5.69 Å². The van der Waals surface area contributed by atoms with E-state index in [-0.39, 0.29) is 11.4 Å². The molecular weight excluding hydrogens is 328 g/mol. The van der Waals surface area contributed by atoms with Gasteiger partial charge in [-0.3, -0.25) is 4.79 Å². The molecule has 2 aromatic rings. The number of aromatic nitrogens is 1. The predicted octanol–water partition coefficient (Wildman–Crippen LogP) is 3.99. The molecule has 1 N–H and O–H groups in total. The average Bonchev–Trinajstić information content (AvgIpc) is 2.46. The topological polar surface area (TPSA) is 42.0 Å². The molecule has 0 atom stereocenters. The Bertz CT molecular complexity index is 594. The summed E-state index contributed by atoms with van der Waals surface area (Å²) >= 11 is 3.31. The van der Waals surface area contributed by atoms with Crippen LogP contribution in [0.3, 0.4) is 0 Å². The van der Waals surface area contributed by atoms with Gasteiger partial charge < -0.3 is 5.32 Å². The third-order valence-electron chi connectivity index (χ3n) is 3.29. The molecule has 4 heteroatoms. The van der Waals surface area contributed by atoms with Crippen LogP contribution in [-0.4, -0.2) is 16.4 Å². The summed E-state index contributed by atoms with van der Waals surface area (Å²) in [5.41, 5.74) is 1.44. The highest BCUT2D eigenvalue weighted by Gasteiger charge is 2.21. The van der Waals surface area contributed by atoms with Crippen LogP contribution in [0.4, 0.5) is 0 Å². The average molecular weight is 347 g/mol. The predicted molar refractivity (Wildman–Crippen MR) is 88.2 cm³/mol. The van der Waals surface area contributed by atoms with Crippen molar-refractivity contribution in [2.75, 3.05) is 0 Å². The Hall–Kier alpha value is -1.68. The summed E-state index contributed by atoms with van der Waals surface area (Å²) in [6.45, 7) is 4.07. The smallest absolute Gasteiger partial charge is 0.270 e. The Morgan fingerprint density at radius 1 is 1.19 bits per heavy atom. The quantitative estimate of drug-likeness (QED) is 0.889. The lowest BCUT2D eigenvalue weighted by atomic mass is 9.95. The van der Waals surface area contributed by atoms with Gasteiger partial charge in [0, 0.05) is 16.2 Å². The van der Waals surface area contributed by atoms with E-state index >= 15 is 0 Å². The minimum Gasteiger partial charge on any atom is -0.346 e. The zero-order valence-electron chi connectivity index (χ0n) is 12.3. The maximum Gasteiger partial charge on any atom is 0.270 e. The molecule has 0 spiro atoms. The fourth-order valence-corrected chi connectivity index (χ4v) is 2.28. The summed E-state index contributed by atoms with van der Waals surface area (Å²) in [7, 11) is 0. The largest absolute Gasteiger partial charge is 0.346 e. The van der Waals surface area contributed by atoms with Crippen molar-refractivity contribution in [2.24, 2.45) is 0 Å². The van der Waals surface area contributed by atoms with Crippen LogP contribution in [0.25, 0.3) is 0 Å². The number of carbonyl (C=O) groups is 1. The number of carbonyl (C=O) groups excluding carboxylic acids is 1. The first-order chi connectivity index (χ1) is 9.96. The molecule has 0 aliphatic heterocycles. The summed E-state index contributed by atoms with van der Waals surface area (Å²) in [6.07, 6.45) is 3.44. The standard InChI is InChI=1S/C17H19BrN2O/c1-17(2,11-10-13-6-4-3-5-7-13)20-16(21)15-9-8-14(18)12-19-15/h3-9,12H,10-11H2,1-2H3,(H,20,21). The third-order valence-corrected chi connectivity index (χ3v) is 3.76. The molecule has 0 unspecified atom stereocenters. The lowest BCUT2D eigenvalue weighted by Crippen LogP contribution is -2.44. The molecule has 110 valence electrons. The fraction of sp³-hybridized carbons (Fsp3) is 0.294. The van der Waals surface area contributed by atoms with E-state index in [2.05, 4.69) is 38.4 Å². The molecule has 0 saturated heterocycles. The van der Waals surface area contributed by atoms with Gasteiger partial charge in [-0.2, -0.15) is 0 Å². The Balaban J connectivity index is 1.93. The molecular formula is C17H19BrN2O. The number of pyridine rings is 1. The van der Waals surface area contributed by atoms with Gasteiger partial charge >= 0.3 is 0 Å². The molecule has 1 aromatic heterocycles. The molecule has 3 nitrogen and oxygen atoms in total. The molecule has 0 fully saturated rings. The molecule has 0 radical (unpaired) electrons. The molecule has 1 aromatic carbocycles. The normalized spacial score (nSPS) is 11.2. The van der Waals surface area contributed by atoms with Gasteiger partial charge in [0.25, 0.3) is 5.91 Å². The van der Waals surface area contributed by atoms with E-state index in [1.54, 1.807) is 12.3 Å². The second-order valence-corrected chi connectivity index (χ2v) is 6.60. The lowest BCUT2D eigenvalue weighted by molar-refractivity contribution is 0.0904. The third kappa shape index (κ3) is 4.97. The van der Waals surface area contributed by atoms with Gasteiger partial charge in [0.05, 0.1) is 0 Å². The van der Waals surface area contributed by atoms with Crippen molar-refractivity contribution in [3.63, 3.8) is 0 Å². The molecule has 0 bridgehead atoms. The first-order valence-corrected chi connectivity index (χ1v) is 7.74. The Kier molecular flexibility index (Phi) is 5.12. The van der Waals surface area contributed by atoms with Gasteiger partial charge in [0.2, 0.25) is 0 Å². The second-order valence-electron chi connectivity index (χ2n) is 5.69. The van der Waals surface area contributed by atoms with E-state index in [9.17, 15) is 4.79 Å². The van der Waals surface area contributed by atoms with E-state index in [4.69, 9.17) is 0 Å². The van der Waals surface area contributed by atoms with Gasteiger partial charge in [0.15, 0.2) is 0 Å². The number of halogens is 1. The maximum atomic E-state index is 12.2. The van der Waals surface area contributed by atoms with Gasteiger partial charge in [0.1, 0.15) is 5.69 Å². The molecule has 1 amide bonds. The van der Waals surface area contributed by atoms with Crippen LogP contribution in [0.2, 0.25) is 0 Å². The highest BCUT2D eigenvalue weighted by molar-refractivity contribution is 9.10. The second kappa shape index (κ2) is 6.85. The molecule has 21 heavy (non-hydrogen) atoms. The van der Waals surface area contributed by atoms with Crippen molar-refractivity contribution >= 4 is 21.8 Å². The summed E-state index contributed by atoms with van der Waals surface area (Å²) < 4.78 is 0.863. The van der Waals surface area contributed by atoms with E-state index in [0.717, 1.165) is 17.3 Å². The van der Waals surface area contributed by atoms with Crippen LogP contribution in [-0.2, 0) is 6.42 Å². The van der Waals surface area contributed by atoms with E-state index < -0.39 is 0 Å². The number of hydrogen-bond donors (Lipinski definition) is 1. The van der Waals surface area contributed by atoms with Gasteiger partial charge in [-0.15, -0.1) is 0 Å². The van der Waals surface area contributed by atoms with Crippen molar-refractivity contribution in [1.29, 1.82) is 0 Å². The van der Waals surface area contributed by atoms with Crippen molar-refractivity contribution in [1.82, 2.24) is 10.3 Å². The number of amides is 1. The van der Waals surface area contributed by atoms with Crippen LogP contribution in [0.5, 0.6) is 0 Å². The highest BCUT2D eigenvalue weighted by Crippen LogP contribution is 2.15. The molecule has 1 heterocycles. The molecule has 0 aliphatic rings. The Morgan fingerprint density at radius 3 is 2.52 bits per heavy atom. The minimum atomic E-state index is -0.276. The first-order valence-electron chi connectivity index (χ1n) is 6.94. The van der Waals surface area contributed by atoms with Crippen LogP contribution >= 0.6 is 15.9 Å². The van der Waals surface area contributed by atoms with Crippen LogP contribution < -0.4 is 5.32 Å². The summed E-state index contributed by atoms with van der Waals surface area (Å²) in [5, 5.41) is 3.05. The Labute approximate surface area is 133 Å². The lowest BCUT2D eigenvalue weighted by Gasteiger charge is -2.26. The maximum absolute atomic E-state index is 12.2. The van der Waals surface area contributed by atoms with E-state index in [1.807, 2.05) is 38.1 Å². The van der Waals surface area contributed by atoms with Crippen molar-refractivity contribution in [3.05, 3.63) is 64.4 Å². The number of aryl methyl sites for hydroxylation is 1. The van der Waals surface area contributed by atoms with Crippen molar-refractivity contribution < 1.29 is 4.79 Å². The number of benzene rings is 1. The number of nitrogens with one attached hydrogen (secondary N) is 1. The van der Waals surface area contributed by atoms with Crippen LogP contribution in [0, 0.1) is 0 Å². The summed E-state index contributed by atoms with van der Waals surface area (Å²) in [4.78, 5) is 16.3. The monoisotopic (exact) mass is 346 g/mol. The zero-order chi connectivity index (χ0) is 15.3. The van der Waals surface area contributed by atoms with Crippen LogP contribution in [0.15, 0.2) is 53.1 Å². The number of rotatable bonds is 5. The van der Waals surface area contributed by atoms with Crippen LogP contribution in [0.1, 0.15) is 36.3 Å². The molecule has 0 aliphatic carbocycles. The van der Waals surface area contributed by atoms with Crippen molar-refractivity contribution in [2.45, 2.75) is 32.2 Å². The summed E-state index contributed by atoms with van der Waals surface area (Å²) in [5.74, 6) is -0.138. The van der Waals surface area contributed by atoms with E-state index in [1.165, 1.54) is 5.56 Å². The van der Waals surface area contributed by atoms with Gasteiger partial charge in [-0.05, 0) is 60.3 Å². The summed E-state index contributed by atoms with van der Waals surface area (Å²) in [6, 6.07) is 13.8. The Morgan fingerprint density at radius 2 is 1.90 bits per heavy atom. The zero-order valence-corrected chi connectivity index (χ0v) is 13.9. The van der Waals surface area contributed by atoms with Gasteiger partial charge in [-0.25, -0.2) is 4.98 Å². The van der Waals surface area contributed by atoms with Gasteiger partial charge in [-0.1, -0.05) is 30.3 Å². The molecule has 2 rings (SSSR count). The molecule has 0 saturated carbocycles. The highest BCUT2D eigenvalue weighted by atomic mass is 79.9. The fourth-order valence-electron chi connectivity index (χ4n) is 2.05. The first kappa shape index (κ1) is 15.7. The minimum absolute atomic E-state index is 0.138. The SMILES string of the molecule is CC(C)(CCc1ccccc1)NC(=O)c1ccc(Br)cn1. The number of nitrogens with zero attached hydrogens (tertiary/aromatic N) is 1. The van der Waals surface area contributed by atoms with Crippen molar-refractivity contribution in [3.8, 4) is 0 Å². The number of hydrogen-bond acceptors (Lipinski definition) is 2.